The lowest BCUT2D eigenvalue weighted by Gasteiger charge is -2.29. The normalized spacial score (nSPS) is 15.0. The predicted octanol–water partition coefficient (Wildman–Crippen LogP) is 1.34. The van der Waals surface area contributed by atoms with Crippen molar-refractivity contribution < 1.29 is 9.84 Å². The molecule has 0 bridgehead atoms. The van der Waals surface area contributed by atoms with E-state index in [9.17, 15) is 0 Å². The summed E-state index contributed by atoms with van der Waals surface area (Å²) in [6.07, 6.45) is 4.46. The van der Waals surface area contributed by atoms with Crippen molar-refractivity contribution in [1.29, 1.82) is 0 Å². The number of rotatable bonds is 8. The molecule has 1 unspecified atom stereocenters. The molecule has 1 aromatic heterocycles. The smallest absolute Gasteiger partial charge is 0.122 e. The number of aliphatic hydroxyl groups excluding tert-OH is 1. The summed E-state index contributed by atoms with van der Waals surface area (Å²) >= 11 is 0. The molecular weight excluding hydrogens is 230 g/mol. The van der Waals surface area contributed by atoms with Crippen LogP contribution in [0.4, 0.5) is 0 Å². The van der Waals surface area contributed by atoms with Gasteiger partial charge in [0, 0.05) is 37.7 Å². The number of nitrogens with zero attached hydrogens (tertiary/aromatic N) is 2. The standard InChI is InChI=1S/C13H25N3O2/c1-11(2)16-7-6-14-12(16)9-15-13(3,5-8-17)10-18-4/h6-7,11,15,17H,5,8-10H2,1-4H3. The Bertz CT molecular complexity index is 344. The van der Waals surface area contributed by atoms with Crippen LogP contribution in [0.1, 0.15) is 39.1 Å². The van der Waals surface area contributed by atoms with Crippen LogP contribution in [0.15, 0.2) is 12.4 Å². The Morgan fingerprint density at radius 2 is 2.28 bits per heavy atom. The van der Waals surface area contributed by atoms with E-state index in [1.807, 2.05) is 12.4 Å². The van der Waals surface area contributed by atoms with E-state index in [0.717, 1.165) is 5.82 Å². The van der Waals surface area contributed by atoms with Gasteiger partial charge in [-0.25, -0.2) is 4.98 Å². The van der Waals surface area contributed by atoms with Crippen molar-refractivity contribution in [2.75, 3.05) is 20.3 Å². The molecule has 1 heterocycles. The molecular formula is C13H25N3O2. The highest BCUT2D eigenvalue weighted by Crippen LogP contribution is 2.13. The zero-order chi connectivity index (χ0) is 13.6. The molecule has 0 aliphatic heterocycles. The van der Waals surface area contributed by atoms with Crippen LogP contribution in [0.25, 0.3) is 0 Å². The van der Waals surface area contributed by atoms with Gasteiger partial charge in [-0.1, -0.05) is 0 Å². The van der Waals surface area contributed by atoms with E-state index in [2.05, 4.69) is 35.6 Å². The molecule has 0 spiro atoms. The zero-order valence-corrected chi connectivity index (χ0v) is 11.8. The molecule has 0 aromatic carbocycles. The summed E-state index contributed by atoms with van der Waals surface area (Å²) in [6, 6.07) is 0.399. The third-order valence-corrected chi connectivity index (χ3v) is 3.10. The Hall–Kier alpha value is -0.910. The second-order valence-corrected chi connectivity index (χ2v) is 5.17. The van der Waals surface area contributed by atoms with Crippen LogP contribution in [-0.4, -0.2) is 40.5 Å². The quantitative estimate of drug-likeness (QED) is 0.736. The van der Waals surface area contributed by atoms with Gasteiger partial charge in [0.15, 0.2) is 0 Å². The van der Waals surface area contributed by atoms with Crippen LogP contribution in [0, 0.1) is 0 Å². The number of aliphatic hydroxyl groups is 1. The minimum Gasteiger partial charge on any atom is -0.396 e. The summed E-state index contributed by atoms with van der Waals surface area (Å²) < 4.78 is 7.34. The lowest BCUT2D eigenvalue weighted by molar-refractivity contribution is 0.0962. The van der Waals surface area contributed by atoms with Gasteiger partial charge in [0.25, 0.3) is 0 Å². The molecule has 5 heteroatoms. The van der Waals surface area contributed by atoms with Gasteiger partial charge in [-0.15, -0.1) is 0 Å². The average molecular weight is 255 g/mol. The van der Waals surface area contributed by atoms with Gasteiger partial charge in [0.2, 0.25) is 0 Å². The monoisotopic (exact) mass is 255 g/mol. The summed E-state index contributed by atoms with van der Waals surface area (Å²) in [7, 11) is 1.67. The highest BCUT2D eigenvalue weighted by Gasteiger charge is 2.23. The van der Waals surface area contributed by atoms with Gasteiger partial charge in [-0.05, 0) is 27.2 Å². The van der Waals surface area contributed by atoms with E-state index in [4.69, 9.17) is 9.84 Å². The van der Waals surface area contributed by atoms with E-state index in [1.165, 1.54) is 0 Å². The maximum atomic E-state index is 9.11. The molecule has 0 fully saturated rings. The Labute approximate surface area is 109 Å². The van der Waals surface area contributed by atoms with Crippen molar-refractivity contribution >= 4 is 0 Å². The first-order valence-electron chi connectivity index (χ1n) is 6.39. The molecule has 0 aliphatic carbocycles. The van der Waals surface area contributed by atoms with Crippen molar-refractivity contribution in [2.45, 2.75) is 45.3 Å². The van der Waals surface area contributed by atoms with Crippen LogP contribution >= 0.6 is 0 Å². The van der Waals surface area contributed by atoms with Crippen LogP contribution in [0.3, 0.4) is 0 Å². The van der Waals surface area contributed by atoms with E-state index in [-0.39, 0.29) is 12.1 Å². The number of hydrogen-bond acceptors (Lipinski definition) is 4. The maximum Gasteiger partial charge on any atom is 0.122 e. The lowest BCUT2D eigenvalue weighted by atomic mass is 9.99. The maximum absolute atomic E-state index is 9.11. The summed E-state index contributed by atoms with van der Waals surface area (Å²) in [4.78, 5) is 4.36. The van der Waals surface area contributed by atoms with Crippen LogP contribution in [0.2, 0.25) is 0 Å². The second kappa shape index (κ2) is 6.87. The Morgan fingerprint density at radius 1 is 1.56 bits per heavy atom. The molecule has 1 aromatic rings. The Balaban J connectivity index is 2.64. The van der Waals surface area contributed by atoms with Gasteiger partial charge in [-0.2, -0.15) is 0 Å². The molecule has 0 radical (unpaired) electrons. The minimum atomic E-state index is -0.225. The topological polar surface area (TPSA) is 59.3 Å². The molecule has 18 heavy (non-hydrogen) atoms. The van der Waals surface area contributed by atoms with Gasteiger partial charge >= 0.3 is 0 Å². The average Bonchev–Trinajstić information content (AvgIpc) is 2.75. The van der Waals surface area contributed by atoms with Crippen LogP contribution < -0.4 is 5.32 Å². The second-order valence-electron chi connectivity index (χ2n) is 5.17. The predicted molar refractivity (Wildman–Crippen MR) is 71.4 cm³/mol. The van der Waals surface area contributed by atoms with Gasteiger partial charge in [-0.3, -0.25) is 0 Å². The number of aromatic nitrogens is 2. The summed E-state index contributed by atoms with van der Waals surface area (Å²) in [5.41, 5.74) is -0.225. The first kappa shape index (κ1) is 15.1. The zero-order valence-electron chi connectivity index (χ0n) is 11.8. The molecule has 1 rings (SSSR count). The van der Waals surface area contributed by atoms with E-state index in [1.54, 1.807) is 7.11 Å². The van der Waals surface area contributed by atoms with Crippen LogP contribution in [0.5, 0.6) is 0 Å². The fraction of sp³-hybridized carbons (Fsp3) is 0.769. The highest BCUT2D eigenvalue weighted by atomic mass is 16.5. The molecule has 0 saturated carbocycles. The third kappa shape index (κ3) is 4.08. The number of hydrogen-bond donors (Lipinski definition) is 2. The number of imidazole rings is 1. The van der Waals surface area contributed by atoms with Crippen molar-refractivity contribution in [2.24, 2.45) is 0 Å². The first-order chi connectivity index (χ1) is 8.52. The van der Waals surface area contributed by atoms with Gasteiger partial charge in [0.05, 0.1) is 13.2 Å². The molecule has 0 saturated heterocycles. The third-order valence-electron chi connectivity index (χ3n) is 3.10. The lowest BCUT2D eigenvalue weighted by Crippen LogP contribution is -2.47. The van der Waals surface area contributed by atoms with Crippen molar-refractivity contribution in [3.8, 4) is 0 Å². The Morgan fingerprint density at radius 3 is 2.83 bits per heavy atom. The fourth-order valence-corrected chi connectivity index (χ4v) is 2.02. The molecule has 5 nitrogen and oxygen atoms in total. The Kier molecular flexibility index (Phi) is 5.78. The van der Waals surface area contributed by atoms with Gasteiger partial charge in [0.1, 0.15) is 5.82 Å². The molecule has 2 N–H and O–H groups in total. The highest BCUT2D eigenvalue weighted by molar-refractivity contribution is 4.96. The SMILES string of the molecule is COCC(C)(CCO)NCc1nccn1C(C)C. The molecule has 104 valence electrons. The number of nitrogens with one attached hydrogen (secondary N) is 1. The van der Waals surface area contributed by atoms with Crippen molar-refractivity contribution in [1.82, 2.24) is 14.9 Å². The number of methoxy groups -OCH3 is 1. The van der Waals surface area contributed by atoms with E-state index in [0.29, 0.717) is 25.6 Å². The van der Waals surface area contributed by atoms with Gasteiger partial charge < -0.3 is 19.7 Å². The molecule has 0 amide bonds. The first-order valence-corrected chi connectivity index (χ1v) is 6.39. The summed E-state index contributed by atoms with van der Waals surface area (Å²) in [5, 5.41) is 12.5. The molecule has 0 aliphatic rings. The van der Waals surface area contributed by atoms with Crippen molar-refractivity contribution in [3.63, 3.8) is 0 Å². The van der Waals surface area contributed by atoms with Crippen LogP contribution in [-0.2, 0) is 11.3 Å². The fourth-order valence-electron chi connectivity index (χ4n) is 2.02. The van der Waals surface area contributed by atoms with E-state index < -0.39 is 0 Å². The minimum absolute atomic E-state index is 0.144. The van der Waals surface area contributed by atoms with Crippen molar-refractivity contribution in [3.05, 3.63) is 18.2 Å². The summed E-state index contributed by atoms with van der Waals surface area (Å²) in [6.45, 7) is 7.70. The van der Waals surface area contributed by atoms with E-state index >= 15 is 0 Å². The largest absolute Gasteiger partial charge is 0.396 e. The summed E-state index contributed by atoms with van der Waals surface area (Å²) in [5.74, 6) is 1.00. The number of ether oxygens (including phenoxy) is 1. The molecule has 1 atom stereocenters.